The number of hydrogen-bond donors (Lipinski definition) is 0. The van der Waals surface area contributed by atoms with Gasteiger partial charge in [-0.3, -0.25) is 14.4 Å². The lowest BCUT2D eigenvalue weighted by Gasteiger charge is -2.28. The molecule has 3 aliphatic rings. The van der Waals surface area contributed by atoms with E-state index >= 15 is 0 Å². The van der Waals surface area contributed by atoms with E-state index in [1.165, 1.54) is 34.7 Å². The minimum absolute atomic E-state index is 0.335. The molecule has 0 unspecified atom stereocenters. The van der Waals surface area contributed by atoms with Crippen molar-refractivity contribution in [2.75, 3.05) is 17.1 Å². The van der Waals surface area contributed by atoms with Gasteiger partial charge in [0.25, 0.3) is 5.91 Å². The van der Waals surface area contributed by atoms with Gasteiger partial charge in [-0.1, -0.05) is 24.3 Å². The van der Waals surface area contributed by atoms with Crippen molar-refractivity contribution in [1.82, 2.24) is 0 Å². The second-order valence-corrected chi connectivity index (χ2v) is 11.1. The van der Waals surface area contributed by atoms with Crippen molar-refractivity contribution in [2.45, 2.75) is 44.8 Å². The van der Waals surface area contributed by atoms with Crippen LogP contribution in [0.4, 0.5) is 10.7 Å². The summed E-state index contributed by atoms with van der Waals surface area (Å²) in [5.41, 5.74) is 3.09. The average Bonchev–Trinajstić information content (AvgIpc) is 3.63. The maximum absolute atomic E-state index is 14.0. The van der Waals surface area contributed by atoms with Crippen LogP contribution in [0.2, 0.25) is 0 Å². The van der Waals surface area contributed by atoms with Crippen LogP contribution in [0.25, 0.3) is 0 Å². The summed E-state index contributed by atoms with van der Waals surface area (Å²) in [6.45, 7) is 1.98. The normalized spacial score (nSPS) is 23.5. The number of hydrogen-bond acceptors (Lipinski definition) is 8. The first-order chi connectivity index (χ1) is 17.0. The Morgan fingerprint density at radius 2 is 1.89 bits per heavy atom. The predicted molar refractivity (Wildman–Crippen MR) is 134 cm³/mol. The topological polar surface area (TPSA) is 76.2 Å². The zero-order valence-electron chi connectivity index (χ0n) is 19.4. The number of carbonyl (C=O) groups excluding carboxylic acids is 3. The van der Waals surface area contributed by atoms with Crippen LogP contribution in [0.15, 0.2) is 41.8 Å². The number of para-hydroxylation sites is 1. The zero-order valence-corrected chi connectivity index (χ0v) is 21.0. The third-order valence-electron chi connectivity index (χ3n) is 7.05. The summed E-state index contributed by atoms with van der Waals surface area (Å²) >= 11 is 2.90. The highest BCUT2D eigenvalue weighted by Gasteiger charge is 2.61. The highest BCUT2D eigenvalue weighted by Crippen LogP contribution is 2.51. The van der Waals surface area contributed by atoms with E-state index in [1.807, 2.05) is 48.7 Å². The standard InChI is InChI=1S/C26H24N2O5S2/c1-14-8-3-5-10-16(14)28-21(18-12-7-13-34-18)20-22(33-28)24(30)27(23(20)29)25-19(26(31)32-2)15-9-4-6-11-17(15)35-25/h3,5,7-8,10,12-13,20-22H,4,6,9,11H2,1-2H3/t20-,21-,22-/m1/s1. The van der Waals surface area contributed by atoms with E-state index in [0.717, 1.165) is 52.3 Å². The summed E-state index contributed by atoms with van der Waals surface area (Å²) in [7, 11) is 1.33. The van der Waals surface area contributed by atoms with E-state index in [9.17, 15) is 14.4 Å². The Morgan fingerprint density at radius 1 is 1.09 bits per heavy atom. The van der Waals surface area contributed by atoms with Gasteiger partial charge in [0.05, 0.1) is 18.4 Å². The number of methoxy groups -OCH3 is 1. The Kier molecular flexibility index (Phi) is 5.51. The Bertz CT molecular complexity index is 1330. The summed E-state index contributed by atoms with van der Waals surface area (Å²) in [5.74, 6) is -1.99. The average molecular weight is 509 g/mol. The molecule has 0 N–H and O–H groups in total. The first kappa shape index (κ1) is 22.5. The fourth-order valence-corrected chi connectivity index (χ4v) is 7.64. The largest absolute Gasteiger partial charge is 0.465 e. The SMILES string of the molecule is COC(=O)c1c(N2C(=O)[C@@H]3[C@@H](c4cccs4)N(c4ccccc4C)O[C@H]3C2=O)sc2c1CCCC2. The summed E-state index contributed by atoms with van der Waals surface area (Å²) in [4.78, 5) is 50.0. The Labute approximate surface area is 210 Å². The van der Waals surface area contributed by atoms with Crippen molar-refractivity contribution in [3.63, 3.8) is 0 Å². The van der Waals surface area contributed by atoms with E-state index in [2.05, 4.69) is 0 Å². The molecule has 7 nitrogen and oxygen atoms in total. The minimum Gasteiger partial charge on any atom is -0.465 e. The third kappa shape index (κ3) is 3.36. The molecular formula is C26H24N2O5S2. The van der Waals surface area contributed by atoms with Crippen molar-refractivity contribution in [1.29, 1.82) is 0 Å². The first-order valence-electron chi connectivity index (χ1n) is 11.7. The van der Waals surface area contributed by atoms with Gasteiger partial charge in [-0.2, -0.15) is 0 Å². The van der Waals surface area contributed by atoms with Gasteiger partial charge < -0.3 is 4.74 Å². The predicted octanol–water partition coefficient (Wildman–Crippen LogP) is 4.83. The van der Waals surface area contributed by atoms with Gasteiger partial charge in [0.15, 0.2) is 6.10 Å². The quantitative estimate of drug-likeness (QED) is 0.371. The summed E-state index contributed by atoms with van der Waals surface area (Å²) < 4.78 is 5.07. The fourth-order valence-electron chi connectivity index (χ4n) is 5.40. The molecule has 0 radical (unpaired) electrons. The van der Waals surface area contributed by atoms with Gasteiger partial charge in [0, 0.05) is 9.75 Å². The Morgan fingerprint density at radius 3 is 2.63 bits per heavy atom. The van der Waals surface area contributed by atoms with E-state index in [4.69, 9.17) is 9.57 Å². The second kappa shape index (κ2) is 8.58. The number of imide groups is 1. The maximum atomic E-state index is 14.0. The molecule has 6 rings (SSSR count). The van der Waals surface area contributed by atoms with E-state index in [-0.39, 0.29) is 5.91 Å². The molecule has 2 amide bonds. The molecule has 3 aromatic rings. The molecular weight excluding hydrogens is 484 g/mol. The lowest BCUT2D eigenvalue weighted by molar-refractivity contribution is -0.126. The lowest BCUT2D eigenvalue weighted by Crippen LogP contribution is -2.37. The van der Waals surface area contributed by atoms with E-state index in [1.54, 1.807) is 5.06 Å². The number of ether oxygens (including phenoxy) is 1. The number of nitrogens with zero attached hydrogens (tertiary/aromatic N) is 2. The summed E-state index contributed by atoms with van der Waals surface area (Å²) in [6, 6.07) is 11.2. The number of thiophene rings is 2. The van der Waals surface area contributed by atoms with Crippen molar-refractivity contribution in [3.05, 3.63) is 68.2 Å². The molecule has 1 aliphatic carbocycles. The number of fused-ring (bicyclic) bond motifs is 2. The molecule has 2 aromatic heterocycles. The number of amides is 2. The molecule has 4 heterocycles. The number of carbonyl (C=O) groups is 3. The molecule has 180 valence electrons. The van der Waals surface area contributed by atoms with Gasteiger partial charge in [0.1, 0.15) is 17.0 Å². The smallest absolute Gasteiger partial charge is 0.341 e. The fraction of sp³-hybridized carbons (Fsp3) is 0.346. The van der Waals surface area contributed by atoms with Crippen LogP contribution in [0.5, 0.6) is 0 Å². The van der Waals surface area contributed by atoms with Gasteiger partial charge in [-0.25, -0.2) is 14.8 Å². The number of aryl methyl sites for hydroxylation is 2. The molecule has 2 saturated heterocycles. The molecule has 9 heteroatoms. The number of anilines is 2. The first-order valence-corrected chi connectivity index (χ1v) is 13.4. The van der Waals surface area contributed by atoms with Crippen molar-refractivity contribution < 1.29 is 24.0 Å². The van der Waals surface area contributed by atoms with Crippen LogP contribution in [-0.4, -0.2) is 31.0 Å². The molecule has 1 aromatic carbocycles. The van der Waals surface area contributed by atoms with E-state index < -0.39 is 29.9 Å². The molecule has 3 atom stereocenters. The van der Waals surface area contributed by atoms with Gasteiger partial charge >= 0.3 is 5.97 Å². The zero-order chi connectivity index (χ0) is 24.3. The third-order valence-corrected chi connectivity index (χ3v) is 9.27. The van der Waals surface area contributed by atoms with Gasteiger partial charge in [-0.15, -0.1) is 22.7 Å². The van der Waals surface area contributed by atoms with Crippen molar-refractivity contribution in [3.8, 4) is 0 Å². The van der Waals surface area contributed by atoms with Crippen LogP contribution in [0, 0.1) is 12.8 Å². The molecule has 0 saturated carbocycles. The van der Waals surface area contributed by atoms with Gasteiger partial charge in [0.2, 0.25) is 5.91 Å². The lowest BCUT2D eigenvalue weighted by atomic mass is 9.94. The number of esters is 1. The highest BCUT2D eigenvalue weighted by atomic mass is 32.1. The monoisotopic (exact) mass is 508 g/mol. The maximum Gasteiger partial charge on any atom is 0.341 e. The molecule has 2 fully saturated rings. The second-order valence-electron chi connectivity index (χ2n) is 9.02. The molecule has 0 spiro atoms. The van der Waals surface area contributed by atoms with Crippen LogP contribution in [0.3, 0.4) is 0 Å². The number of hydroxylamine groups is 1. The van der Waals surface area contributed by atoms with Crippen LogP contribution >= 0.6 is 22.7 Å². The minimum atomic E-state index is -0.959. The molecule has 2 aliphatic heterocycles. The van der Waals surface area contributed by atoms with Crippen molar-refractivity contribution >= 4 is 51.1 Å². The molecule has 0 bridgehead atoms. The van der Waals surface area contributed by atoms with Crippen LogP contribution < -0.4 is 9.96 Å². The van der Waals surface area contributed by atoms with Crippen molar-refractivity contribution in [2.24, 2.45) is 5.92 Å². The Hall–Kier alpha value is -3.01. The van der Waals surface area contributed by atoms with Crippen LogP contribution in [0.1, 0.15) is 50.1 Å². The van der Waals surface area contributed by atoms with E-state index in [0.29, 0.717) is 10.6 Å². The summed E-state index contributed by atoms with van der Waals surface area (Å²) in [6.07, 6.45) is 2.61. The summed E-state index contributed by atoms with van der Waals surface area (Å²) in [5, 5.41) is 4.06. The number of benzene rings is 1. The highest BCUT2D eigenvalue weighted by molar-refractivity contribution is 7.17. The Balaban J connectivity index is 1.45. The number of rotatable bonds is 4. The van der Waals surface area contributed by atoms with Gasteiger partial charge in [-0.05, 0) is 61.2 Å². The molecule has 35 heavy (non-hydrogen) atoms. The van der Waals surface area contributed by atoms with Crippen LogP contribution in [-0.2, 0) is 32.0 Å².